The van der Waals surface area contributed by atoms with Crippen LogP contribution in [0.5, 0.6) is 11.6 Å². The maximum atomic E-state index is 12.0. The van der Waals surface area contributed by atoms with E-state index in [9.17, 15) is 10.1 Å². The maximum Gasteiger partial charge on any atom is 0.224 e. The molecule has 0 N–H and O–H groups in total. The van der Waals surface area contributed by atoms with Crippen LogP contribution >= 0.6 is 0 Å². The Morgan fingerprint density at radius 2 is 2.20 bits per heavy atom. The second kappa shape index (κ2) is 6.57. The van der Waals surface area contributed by atoms with Crippen molar-refractivity contribution < 1.29 is 19.0 Å². The zero-order valence-electron chi connectivity index (χ0n) is 13.6. The predicted molar refractivity (Wildman–Crippen MR) is 88.1 cm³/mol. The second-order valence-corrected chi connectivity index (χ2v) is 6.05. The van der Waals surface area contributed by atoms with E-state index in [4.69, 9.17) is 14.2 Å². The number of amides is 1. The first-order valence-corrected chi connectivity index (χ1v) is 8.22. The van der Waals surface area contributed by atoms with E-state index in [0.717, 1.165) is 17.2 Å². The molecule has 0 spiro atoms. The van der Waals surface area contributed by atoms with Gasteiger partial charge in [-0.05, 0) is 30.0 Å². The Labute approximate surface area is 144 Å². The average molecular weight is 339 g/mol. The van der Waals surface area contributed by atoms with Gasteiger partial charge in [0.05, 0.1) is 18.2 Å². The number of pyridine rings is 1. The van der Waals surface area contributed by atoms with Gasteiger partial charge in [0.15, 0.2) is 0 Å². The van der Waals surface area contributed by atoms with Gasteiger partial charge >= 0.3 is 0 Å². The van der Waals surface area contributed by atoms with E-state index in [1.165, 1.54) is 0 Å². The molecule has 1 aromatic carbocycles. The lowest BCUT2D eigenvalue weighted by Crippen LogP contribution is -2.39. The molecule has 1 atom stereocenters. The fraction of sp³-hybridized carbons (Fsp3) is 0.389. The van der Waals surface area contributed by atoms with Crippen LogP contribution in [0.1, 0.15) is 18.4 Å². The van der Waals surface area contributed by atoms with Crippen molar-refractivity contribution in [1.82, 2.24) is 9.88 Å². The Morgan fingerprint density at radius 3 is 3.08 bits per heavy atom. The molecule has 128 valence electrons. The molecule has 7 heteroatoms. The van der Waals surface area contributed by atoms with Crippen LogP contribution < -0.4 is 9.47 Å². The van der Waals surface area contributed by atoms with Gasteiger partial charge in [-0.3, -0.25) is 4.79 Å². The molecule has 1 aromatic heterocycles. The van der Waals surface area contributed by atoms with Gasteiger partial charge in [0, 0.05) is 18.0 Å². The maximum absolute atomic E-state index is 12.0. The summed E-state index contributed by atoms with van der Waals surface area (Å²) in [4.78, 5) is 18.0. The predicted octanol–water partition coefficient (Wildman–Crippen LogP) is 1.84. The molecule has 1 saturated heterocycles. The van der Waals surface area contributed by atoms with Crippen LogP contribution in [-0.2, 0) is 9.53 Å². The Balaban J connectivity index is 1.72. The summed E-state index contributed by atoms with van der Waals surface area (Å²) in [5, 5.41) is 11.0. The molecule has 4 rings (SSSR count). The fourth-order valence-electron chi connectivity index (χ4n) is 3.19. The van der Waals surface area contributed by atoms with Gasteiger partial charge in [-0.15, -0.1) is 0 Å². The van der Waals surface area contributed by atoms with Crippen LogP contribution in [0.2, 0.25) is 0 Å². The SMILES string of the molecule is N#Cc1cc2ccnc3c2cc1OCCOCN1C(=O)CC[C@H]1CO3. The summed E-state index contributed by atoms with van der Waals surface area (Å²) in [6.45, 7) is 1.21. The van der Waals surface area contributed by atoms with E-state index in [1.54, 1.807) is 23.2 Å². The third kappa shape index (κ3) is 2.96. The van der Waals surface area contributed by atoms with Crippen LogP contribution in [-0.4, -0.2) is 48.4 Å². The van der Waals surface area contributed by atoms with Gasteiger partial charge in [0.1, 0.15) is 31.8 Å². The minimum Gasteiger partial charge on any atom is -0.490 e. The molecule has 2 bridgehead atoms. The van der Waals surface area contributed by atoms with Crippen LogP contribution in [0.3, 0.4) is 0 Å². The van der Waals surface area contributed by atoms with E-state index < -0.39 is 0 Å². The van der Waals surface area contributed by atoms with Crippen molar-refractivity contribution in [2.75, 3.05) is 26.6 Å². The summed E-state index contributed by atoms with van der Waals surface area (Å²) in [5.74, 6) is 1.03. The van der Waals surface area contributed by atoms with Gasteiger partial charge < -0.3 is 19.1 Å². The molecule has 25 heavy (non-hydrogen) atoms. The molecule has 0 unspecified atom stereocenters. The third-order valence-electron chi connectivity index (χ3n) is 4.53. The second-order valence-electron chi connectivity index (χ2n) is 6.05. The number of carbonyl (C=O) groups excluding carboxylic acids is 1. The standard InChI is InChI=1S/C18H17N3O4/c19-9-13-7-12-3-4-20-18-15(12)8-16(13)24-6-5-23-11-21-14(10-25-18)1-2-17(21)22/h3-4,7-8,14H,1-2,5-6,10-11H2/t14-/m0/s1. The monoisotopic (exact) mass is 339 g/mol. The number of rotatable bonds is 0. The van der Waals surface area contributed by atoms with Gasteiger partial charge in [-0.2, -0.15) is 5.26 Å². The van der Waals surface area contributed by atoms with E-state index in [1.807, 2.05) is 6.07 Å². The summed E-state index contributed by atoms with van der Waals surface area (Å²) in [6.07, 6.45) is 2.90. The fourth-order valence-corrected chi connectivity index (χ4v) is 3.19. The van der Waals surface area contributed by atoms with Crippen molar-refractivity contribution >= 4 is 16.7 Å². The van der Waals surface area contributed by atoms with E-state index in [-0.39, 0.29) is 18.7 Å². The van der Waals surface area contributed by atoms with Crippen LogP contribution in [0.15, 0.2) is 24.4 Å². The van der Waals surface area contributed by atoms with Gasteiger partial charge in [-0.1, -0.05) is 0 Å². The summed E-state index contributed by atoms with van der Waals surface area (Å²) >= 11 is 0. The molecule has 0 saturated carbocycles. The highest BCUT2D eigenvalue weighted by molar-refractivity contribution is 5.89. The molecule has 7 nitrogen and oxygen atoms in total. The van der Waals surface area contributed by atoms with Gasteiger partial charge in [0.2, 0.25) is 11.8 Å². The van der Waals surface area contributed by atoms with Crippen LogP contribution in [0, 0.1) is 11.3 Å². The molecular formula is C18H17N3O4. The lowest BCUT2D eigenvalue weighted by molar-refractivity contribution is -0.135. The molecule has 1 fully saturated rings. The minimum atomic E-state index is -0.0240. The van der Waals surface area contributed by atoms with E-state index in [0.29, 0.717) is 43.4 Å². The molecular weight excluding hydrogens is 322 g/mol. The molecule has 2 aromatic rings. The van der Waals surface area contributed by atoms with Crippen LogP contribution in [0.4, 0.5) is 0 Å². The highest BCUT2D eigenvalue weighted by Crippen LogP contribution is 2.31. The normalized spacial score (nSPS) is 20.7. The van der Waals surface area contributed by atoms with Crippen molar-refractivity contribution in [1.29, 1.82) is 5.26 Å². The number of ether oxygens (including phenoxy) is 3. The summed E-state index contributed by atoms with van der Waals surface area (Å²) in [6, 6.07) is 7.51. The number of fused-ring (bicyclic) bond motifs is 2. The Morgan fingerprint density at radius 1 is 1.28 bits per heavy atom. The minimum absolute atomic E-state index is 0.0240. The van der Waals surface area contributed by atoms with Crippen LogP contribution in [0.25, 0.3) is 10.8 Å². The van der Waals surface area contributed by atoms with Crippen molar-refractivity contribution in [2.24, 2.45) is 0 Å². The number of hydrogen-bond acceptors (Lipinski definition) is 6. The number of hydrogen-bond donors (Lipinski definition) is 0. The van der Waals surface area contributed by atoms with Crippen molar-refractivity contribution in [3.63, 3.8) is 0 Å². The number of nitriles is 1. The van der Waals surface area contributed by atoms with Crippen molar-refractivity contribution in [3.8, 4) is 17.7 Å². The number of aromatic nitrogens is 1. The third-order valence-corrected chi connectivity index (χ3v) is 4.53. The summed E-state index contributed by atoms with van der Waals surface area (Å²) < 4.78 is 17.2. The lowest BCUT2D eigenvalue weighted by Gasteiger charge is -2.24. The molecule has 2 aliphatic heterocycles. The zero-order valence-corrected chi connectivity index (χ0v) is 13.6. The Bertz CT molecular complexity index is 861. The molecule has 1 amide bonds. The quantitative estimate of drug-likeness (QED) is 0.728. The Hall–Kier alpha value is -2.85. The topological polar surface area (TPSA) is 84.7 Å². The smallest absolute Gasteiger partial charge is 0.224 e. The van der Waals surface area contributed by atoms with E-state index in [2.05, 4.69) is 11.1 Å². The first kappa shape index (κ1) is 15.7. The molecule has 0 aliphatic carbocycles. The summed E-state index contributed by atoms with van der Waals surface area (Å²) in [7, 11) is 0. The summed E-state index contributed by atoms with van der Waals surface area (Å²) in [5.41, 5.74) is 0.454. The Kier molecular flexibility index (Phi) is 4.12. The average Bonchev–Trinajstić information content (AvgIpc) is 2.98. The zero-order chi connectivity index (χ0) is 17.2. The molecule has 0 radical (unpaired) electrons. The number of nitrogens with zero attached hydrogens (tertiary/aromatic N) is 3. The highest BCUT2D eigenvalue weighted by atomic mass is 16.5. The highest BCUT2D eigenvalue weighted by Gasteiger charge is 2.31. The number of carbonyl (C=O) groups is 1. The van der Waals surface area contributed by atoms with Crippen molar-refractivity contribution in [2.45, 2.75) is 18.9 Å². The first-order chi connectivity index (χ1) is 12.3. The molecule has 2 aliphatic rings. The van der Waals surface area contributed by atoms with Gasteiger partial charge in [0.25, 0.3) is 0 Å². The van der Waals surface area contributed by atoms with Gasteiger partial charge in [-0.25, -0.2) is 4.98 Å². The van der Waals surface area contributed by atoms with Crippen molar-refractivity contribution in [3.05, 3.63) is 30.0 Å². The lowest BCUT2D eigenvalue weighted by atomic mass is 10.1. The van der Waals surface area contributed by atoms with E-state index >= 15 is 0 Å². The molecule has 3 heterocycles. The number of benzene rings is 1. The first-order valence-electron chi connectivity index (χ1n) is 8.22. The largest absolute Gasteiger partial charge is 0.490 e.